The van der Waals surface area contributed by atoms with Gasteiger partial charge in [0.25, 0.3) is 5.91 Å². The number of carbonyl (C=O) groups excluding carboxylic acids is 2. The third-order valence-corrected chi connectivity index (χ3v) is 3.90. The number of hydrogen-bond acceptors (Lipinski definition) is 6. The molecule has 2 rings (SSSR count). The number of ether oxygens (including phenoxy) is 4. The Bertz CT molecular complexity index is 801. The molecule has 144 valence electrons. The second-order valence-electron chi connectivity index (χ2n) is 5.56. The van der Waals surface area contributed by atoms with Crippen LogP contribution in [0.5, 0.6) is 17.2 Å². The van der Waals surface area contributed by atoms with Crippen molar-refractivity contribution in [2.45, 2.75) is 13.3 Å². The molecule has 1 amide bonds. The summed E-state index contributed by atoms with van der Waals surface area (Å²) in [4.78, 5) is 24.4. The first-order valence-corrected chi connectivity index (χ1v) is 8.38. The molecule has 2 aromatic rings. The van der Waals surface area contributed by atoms with E-state index in [0.717, 1.165) is 6.42 Å². The molecule has 1 N–H and O–H groups in total. The lowest BCUT2D eigenvalue weighted by Crippen LogP contribution is -2.21. The second kappa shape index (κ2) is 9.47. The summed E-state index contributed by atoms with van der Waals surface area (Å²) in [6.07, 6.45) is 0.916. The van der Waals surface area contributed by atoms with Crippen LogP contribution in [0, 0.1) is 0 Å². The molecule has 0 bridgehead atoms. The van der Waals surface area contributed by atoms with Gasteiger partial charge in [-0.3, -0.25) is 4.79 Å². The smallest absolute Gasteiger partial charge is 0.342 e. The zero-order valence-corrected chi connectivity index (χ0v) is 15.8. The Balaban J connectivity index is 2.03. The van der Waals surface area contributed by atoms with Gasteiger partial charge in [-0.2, -0.15) is 0 Å². The van der Waals surface area contributed by atoms with Crippen LogP contribution in [0.3, 0.4) is 0 Å². The van der Waals surface area contributed by atoms with E-state index in [0.29, 0.717) is 11.4 Å². The van der Waals surface area contributed by atoms with Crippen LogP contribution in [0.2, 0.25) is 0 Å². The molecule has 0 aliphatic rings. The van der Waals surface area contributed by atoms with Gasteiger partial charge in [0.05, 0.1) is 21.3 Å². The van der Waals surface area contributed by atoms with E-state index in [4.69, 9.17) is 18.9 Å². The topological polar surface area (TPSA) is 83.1 Å². The number of hydrogen-bond donors (Lipinski definition) is 1. The Morgan fingerprint density at radius 2 is 1.56 bits per heavy atom. The molecule has 7 heteroatoms. The SMILES string of the molecule is CCc1ccc(NC(=O)COC(=O)c2ccc(OC)c(OC)c2OC)cc1. The van der Waals surface area contributed by atoms with Gasteiger partial charge in [0.2, 0.25) is 5.75 Å². The summed E-state index contributed by atoms with van der Waals surface area (Å²) in [7, 11) is 4.32. The van der Waals surface area contributed by atoms with Gasteiger partial charge in [-0.05, 0) is 36.2 Å². The lowest BCUT2D eigenvalue weighted by atomic mass is 10.1. The largest absolute Gasteiger partial charge is 0.493 e. The van der Waals surface area contributed by atoms with Gasteiger partial charge in [-0.15, -0.1) is 0 Å². The van der Waals surface area contributed by atoms with Crippen molar-refractivity contribution in [2.75, 3.05) is 33.3 Å². The van der Waals surface area contributed by atoms with Gasteiger partial charge in [0.1, 0.15) is 5.56 Å². The maximum atomic E-state index is 12.4. The predicted octanol–water partition coefficient (Wildman–Crippen LogP) is 3.07. The molecule has 27 heavy (non-hydrogen) atoms. The van der Waals surface area contributed by atoms with E-state index in [1.807, 2.05) is 12.1 Å². The van der Waals surface area contributed by atoms with Crippen molar-refractivity contribution in [2.24, 2.45) is 0 Å². The Kier molecular flexibility index (Phi) is 7.05. The van der Waals surface area contributed by atoms with Crippen molar-refractivity contribution in [3.63, 3.8) is 0 Å². The number of benzene rings is 2. The fraction of sp³-hybridized carbons (Fsp3) is 0.300. The molecule has 7 nitrogen and oxygen atoms in total. The summed E-state index contributed by atoms with van der Waals surface area (Å²) >= 11 is 0. The van der Waals surface area contributed by atoms with Crippen LogP contribution in [0.25, 0.3) is 0 Å². The number of methoxy groups -OCH3 is 3. The van der Waals surface area contributed by atoms with Crippen molar-refractivity contribution < 1.29 is 28.5 Å². The number of esters is 1. The van der Waals surface area contributed by atoms with Crippen molar-refractivity contribution in [3.05, 3.63) is 47.5 Å². The molecule has 0 spiro atoms. The van der Waals surface area contributed by atoms with Crippen LogP contribution in [0.15, 0.2) is 36.4 Å². The van der Waals surface area contributed by atoms with Crippen LogP contribution in [-0.2, 0) is 16.0 Å². The highest BCUT2D eigenvalue weighted by Gasteiger charge is 2.22. The van der Waals surface area contributed by atoms with Crippen LogP contribution >= 0.6 is 0 Å². The quantitative estimate of drug-likeness (QED) is 0.716. The maximum absolute atomic E-state index is 12.4. The number of anilines is 1. The highest BCUT2D eigenvalue weighted by atomic mass is 16.5. The van der Waals surface area contributed by atoms with Crippen LogP contribution in [0.4, 0.5) is 5.69 Å². The number of aryl methyl sites for hydroxylation is 1. The molecule has 0 atom stereocenters. The summed E-state index contributed by atoms with van der Waals surface area (Å²) in [6, 6.07) is 10.5. The van der Waals surface area contributed by atoms with Gasteiger partial charge < -0.3 is 24.3 Å². The Labute approximate surface area is 158 Å². The fourth-order valence-electron chi connectivity index (χ4n) is 2.49. The predicted molar refractivity (Wildman–Crippen MR) is 101 cm³/mol. The standard InChI is InChI=1S/C20H23NO6/c1-5-13-6-8-14(9-7-13)21-17(22)12-27-20(23)15-10-11-16(24-2)19(26-4)18(15)25-3/h6-11H,5,12H2,1-4H3,(H,21,22). The van der Waals surface area contributed by atoms with Crippen molar-refractivity contribution >= 4 is 17.6 Å². The van der Waals surface area contributed by atoms with Crippen molar-refractivity contribution in [1.82, 2.24) is 0 Å². The third-order valence-electron chi connectivity index (χ3n) is 3.90. The lowest BCUT2D eigenvalue weighted by Gasteiger charge is -2.15. The summed E-state index contributed by atoms with van der Waals surface area (Å²) in [5.41, 5.74) is 1.94. The fourth-order valence-corrected chi connectivity index (χ4v) is 2.49. The molecule has 0 fully saturated rings. The zero-order chi connectivity index (χ0) is 19.8. The molecule has 0 aliphatic carbocycles. The third kappa shape index (κ3) is 4.91. The molecule has 0 heterocycles. The summed E-state index contributed by atoms with van der Waals surface area (Å²) in [5.74, 6) is -0.275. The first kappa shape index (κ1) is 20.1. The summed E-state index contributed by atoms with van der Waals surface area (Å²) in [6.45, 7) is 1.63. The van der Waals surface area contributed by atoms with E-state index < -0.39 is 18.5 Å². The van der Waals surface area contributed by atoms with Gasteiger partial charge in [0, 0.05) is 5.69 Å². The van der Waals surface area contributed by atoms with E-state index in [-0.39, 0.29) is 17.1 Å². The molecule has 2 aromatic carbocycles. The van der Waals surface area contributed by atoms with Crippen LogP contribution in [0.1, 0.15) is 22.8 Å². The molecule has 0 aliphatic heterocycles. The second-order valence-corrected chi connectivity index (χ2v) is 5.56. The Morgan fingerprint density at radius 3 is 2.11 bits per heavy atom. The molecular formula is C20H23NO6. The highest BCUT2D eigenvalue weighted by molar-refractivity contribution is 5.97. The first-order valence-electron chi connectivity index (χ1n) is 8.38. The average Bonchev–Trinajstić information content (AvgIpc) is 2.71. The number of rotatable bonds is 8. The van der Waals surface area contributed by atoms with Gasteiger partial charge in [-0.25, -0.2) is 4.79 Å². The van der Waals surface area contributed by atoms with Gasteiger partial charge >= 0.3 is 5.97 Å². The highest BCUT2D eigenvalue weighted by Crippen LogP contribution is 2.39. The Morgan fingerprint density at radius 1 is 0.889 bits per heavy atom. The van der Waals surface area contributed by atoms with Crippen LogP contribution < -0.4 is 19.5 Å². The first-order chi connectivity index (χ1) is 13.0. The van der Waals surface area contributed by atoms with Crippen molar-refractivity contribution in [1.29, 1.82) is 0 Å². The molecule has 0 saturated carbocycles. The summed E-state index contributed by atoms with van der Waals surface area (Å²) < 4.78 is 20.8. The van der Waals surface area contributed by atoms with Gasteiger partial charge in [0.15, 0.2) is 18.1 Å². The minimum atomic E-state index is -0.704. The maximum Gasteiger partial charge on any atom is 0.342 e. The lowest BCUT2D eigenvalue weighted by molar-refractivity contribution is -0.119. The van der Waals surface area contributed by atoms with Crippen molar-refractivity contribution in [3.8, 4) is 17.2 Å². The monoisotopic (exact) mass is 373 g/mol. The van der Waals surface area contributed by atoms with Gasteiger partial charge in [-0.1, -0.05) is 19.1 Å². The molecule has 0 unspecified atom stereocenters. The normalized spacial score (nSPS) is 10.1. The minimum absolute atomic E-state index is 0.134. The van der Waals surface area contributed by atoms with Crippen LogP contribution in [-0.4, -0.2) is 39.8 Å². The number of carbonyl (C=O) groups is 2. The number of nitrogens with one attached hydrogen (secondary N) is 1. The minimum Gasteiger partial charge on any atom is -0.493 e. The number of amides is 1. The average molecular weight is 373 g/mol. The molecular weight excluding hydrogens is 350 g/mol. The zero-order valence-electron chi connectivity index (χ0n) is 15.8. The Hall–Kier alpha value is -3.22. The van der Waals surface area contributed by atoms with E-state index in [1.54, 1.807) is 18.2 Å². The van der Waals surface area contributed by atoms with E-state index >= 15 is 0 Å². The van der Waals surface area contributed by atoms with E-state index in [2.05, 4.69) is 12.2 Å². The molecule has 0 radical (unpaired) electrons. The molecule has 0 saturated heterocycles. The van der Waals surface area contributed by atoms with E-state index in [9.17, 15) is 9.59 Å². The molecule has 0 aromatic heterocycles. The van der Waals surface area contributed by atoms with E-state index in [1.165, 1.54) is 33.0 Å². The summed E-state index contributed by atoms with van der Waals surface area (Å²) in [5, 5.41) is 2.68.